The number of anilines is 2. The fraction of sp³-hybridized carbons (Fsp3) is 0.385. The SMILES string of the molecule is Cc1ccc(Cl)c(C(=O)NC[C@H]2CC[C@@H](Nc3cc(N(C)C)c4ccccc4n3)CC2)c1F. The maximum Gasteiger partial charge on any atom is 0.255 e. The van der Waals surface area contributed by atoms with Gasteiger partial charge in [0.05, 0.1) is 16.1 Å². The number of para-hydroxylation sites is 1. The molecule has 1 heterocycles. The Balaban J connectivity index is 1.34. The maximum atomic E-state index is 14.4. The number of hydrogen-bond acceptors (Lipinski definition) is 4. The second-order valence-electron chi connectivity index (χ2n) is 9.06. The van der Waals surface area contributed by atoms with Crippen LogP contribution in [0.15, 0.2) is 42.5 Å². The average Bonchev–Trinajstić information content (AvgIpc) is 2.80. The molecule has 3 aromatic rings. The average molecular weight is 469 g/mol. The number of pyridine rings is 1. The number of rotatable bonds is 6. The van der Waals surface area contributed by atoms with Gasteiger partial charge in [-0.25, -0.2) is 9.37 Å². The van der Waals surface area contributed by atoms with E-state index in [4.69, 9.17) is 16.6 Å². The summed E-state index contributed by atoms with van der Waals surface area (Å²) in [4.78, 5) is 19.4. The lowest BCUT2D eigenvalue weighted by molar-refractivity contribution is 0.0939. The standard InChI is InChI=1S/C26H30ClFN4O/c1-16-8-13-20(27)24(25(16)28)26(33)29-15-17-9-11-18(12-10-17)30-23-14-22(32(2)3)19-6-4-5-7-21(19)31-23/h4-8,13-14,17-18H,9-12,15H2,1-3H3,(H,29,33)(H,30,31)/t17-,18+. The molecule has 1 amide bonds. The minimum atomic E-state index is -0.548. The molecular formula is C26H30ClFN4O. The Bertz CT molecular complexity index is 1160. The molecule has 1 aliphatic carbocycles. The number of fused-ring (bicyclic) bond motifs is 1. The second-order valence-corrected chi connectivity index (χ2v) is 9.47. The number of nitrogens with one attached hydrogen (secondary N) is 2. The number of amides is 1. The summed E-state index contributed by atoms with van der Waals surface area (Å²) in [6.07, 6.45) is 3.95. The van der Waals surface area contributed by atoms with Gasteiger partial charge in [0, 0.05) is 43.8 Å². The van der Waals surface area contributed by atoms with Crippen LogP contribution in [0.2, 0.25) is 5.02 Å². The van der Waals surface area contributed by atoms with E-state index in [1.165, 1.54) is 0 Å². The quantitative estimate of drug-likeness (QED) is 0.480. The molecule has 174 valence electrons. The van der Waals surface area contributed by atoms with E-state index >= 15 is 0 Å². The third-order valence-electron chi connectivity index (χ3n) is 6.44. The van der Waals surface area contributed by atoms with Crippen molar-refractivity contribution >= 4 is 39.9 Å². The highest BCUT2D eigenvalue weighted by Gasteiger charge is 2.24. The number of benzene rings is 2. The van der Waals surface area contributed by atoms with Crippen LogP contribution < -0.4 is 15.5 Å². The van der Waals surface area contributed by atoms with Gasteiger partial charge in [-0.2, -0.15) is 0 Å². The van der Waals surface area contributed by atoms with E-state index in [-0.39, 0.29) is 10.6 Å². The molecule has 5 nitrogen and oxygen atoms in total. The first kappa shape index (κ1) is 23.3. The van der Waals surface area contributed by atoms with Crippen LogP contribution in [0.4, 0.5) is 15.9 Å². The fourth-order valence-electron chi connectivity index (χ4n) is 4.51. The third-order valence-corrected chi connectivity index (χ3v) is 6.75. The van der Waals surface area contributed by atoms with Crippen molar-refractivity contribution in [2.45, 2.75) is 38.6 Å². The second kappa shape index (κ2) is 9.96. The predicted molar refractivity (Wildman–Crippen MR) is 134 cm³/mol. The summed E-state index contributed by atoms with van der Waals surface area (Å²) in [5.41, 5.74) is 2.47. The Hall–Kier alpha value is -2.86. The molecule has 0 unspecified atom stereocenters. The fourth-order valence-corrected chi connectivity index (χ4v) is 4.74. The molecule has 1 fully saturated rings. The first-order chi connectivity index (χ1) is 15.8. The molecule has 0 saturated heterocycles. The van der Waals surface area contributed by atoms with E-state index in [0.717, 1.165) is 48.1 Å². The summed E-state index contributed by atoms with van der Waals surface area (Å²) in [6, 6.07) is 13.8. The highest BCUT2D eigenvalue weighted by Crippen LogP contribution is 2.30. The van der Waals surface area contributed by atoms with E-state index in [1.54, 1.807) is 19.1 Å². The van der Waals surface area contributed by atoms with Crippen LogP contribution in [-0.4, -0.2) is 37.6 Å². The van der Waals surface area contributed by atoms with Crippen molar-refractivity contribution in [1.29, 1.82) is 0 Å². The van der Waals surface area contributed by atoms with Gasteiger partial charge >= 0.3 is 0 Å². The van der Waals surface area contributed by atoms with Gasteiger partial charge in [0.1, 0.15) is 11.6 Å². The first-order valence-electron chi connectivity index (χ1n) is 11.4. The molecule has 0 aliphatic heterocycles. The lowest BCUT2D eigenvalue weighted by Crippen LogP contribution is -2.34. The molecular weight excluding hydrogens is 439 g/mol. The zero-order valence-electron chi connectivity index (χ0n) is 19.3. The van der Waals surface area contributed by atoms with Gasteiger partial charge in [-0.1, -0.05) is 35.9 Å². The topological polar surface area (TPSA) is 57.3 Å². The van der Waals surface area contributed by atoms with Crippen molar-refractivity contribution in [2.75, 3.05) is 30.9 Å². The van der Waals surface area contributed by atoms with Gasteiger partial charge < -0.3 is 15.5 Å². The van der Waals surface area contributed by atoms with Gasteiger partial charge in [-0.3, -0.25) is 4.79 Å². The van der Waals surface area contributed by atoms with Gasteiger partial charge in [0.15, 0.2) is 0 Å². The molecule has 7 heteroatoms. The van der Waals surface area contributed by atoms with Crippen LogP contribution in [0.1, 0.15) is 41.6 Å². The molecule has 2 N–H and O–H groups in total. The van der Waals surface area contributed by atoms with Gasteiger partial charge in [-0.15, -0.1) is 0 Å². The lowest BCUT2D eigenvalue weighted by atomic mass is 9.86. The number of aromatic nitrogens is 1. The van der Waals surface area contributed by atoms with E-state index in [2.05, 4.69) is 27.7 Å². The van der Waals surface area contributed by atoms with E-state index in [1.807, 2.05) is 32.3 Å². The lowest BCUT2D eigenvalue weighted by Gasteiger charge is -2.30. The zero-order chi connectivity index (χ0) is 23.5. The van der Waals surface area contributed by atoms with Crippen molar-refractivity contribution in [2.24, 2.45) is 5.92 Å². The molecule has 1 saturated carbocycles. The number of halogens is 2. The number of nitrogens with zero attached hydrogens (tertiary/aromatic N) is 2. The molecule has 4 rings (SSSR count). The van der Waals surface area contributed by atoms with Crippen LogP contribution in [0.25, 0.3) is 10.9 Å². The Labute approximate surface area is 199 Å². The Morgan fingerprint density at radius 1 is 1.15 bits per heavy atom. The summed E-state index contributed by atoms with van der Waals surface area (Å²) in [5, 5.41) is 7.77. The minimum Gasteiger partial charge on any atom is -0.377 e. The summed E-state index contributed by atoms with van der Waals surface area (Å²) >= 11 is 6.06. The van der Waals surface area contributed by atoms with E-state index in [0.29, 0.717) is 24.1 Å². The Kier molecular flexibility index (Phi) is 7.03. The predicted octanol–water partition coefficient (Wildman–Crippen LogP) is 5.80. The van der Waals surface area contributed by atoms with Gasteiger partial charge in [0.25, 0.3) is 5.91 Å². The largest absolute Gasteiger partial charge is 0.377 e. The molecule has 2 aromatic carbocycles. The molecule has 33 heavy (non-hydrogen) atoms. The summed E-state index contributed by atoms with van der Waals surface area (Å²) in [6.45, 7) is 2.15. The molecule has 0 radical (unpaired) electrons. The monoisotopic (exact) mass is 468 g/mol. The number of hydrogen-bond donors (Lipinski definition) is 2. The molecule has 1 aromatic heterocycles. The van der Waals surface area contributed by atoms with Crippen LogP contribution >= 0.6 is 11.6 Å². The first-order valence-corrected chi connectivity index (χ1v) is 11.8. The van der Waals surface area contributed by atoms with Crippen molar-refractivity contribution in [3.63, 3.8) is 0 Å². The van der Waals surface area contributed by atoms with Crippen molar-refractivity contribution in [3.8, 4) is 0 Å². The minimum absolute atomic E-state index is 0.0638. The van der Waals surface area contributed by atoms with Crippen LogP contribution in [0.3, 0.4) is 0 Å². The molecule has 0 spiro atoms. The summed E-state index contributed by atoms with van der Waals surface area (Å²) in [5.74, 6) is 0.255. The smallest absolute Gasteiger partial charge is 0.255 e. The van der Waals surface area contributed by atoms with Crippen LogP contribution in [-0.2, 0) is 0 Å². The number of carbonyl (C=O) groups excluding carboxylic acids is 1. The molecule has 0 bridgehead atoms. The zero-order valence-corrected chi connectivity index (χ0v) is 20.0. The van der Waals surface area contributed by atoms with Crippen LogP contribution in [0, 0.1) is 18.7 Å². The summed E-state index contributed by atoms with van der Waals surface area (Å²) in [7, 11) is 4.09. The van der Waals surface area contributed by atoms with Crippen LogP contribution in [0.5, 0.6) is 0 Å². The highest BCUT2D eigenvalue weighted by atomic mass is 35.5. The van der Waals surface area contributed by atoms with Crippen molar-refractivity contribution in [1.82, 2.24) is 10.3 Å². The summed E-state index contributed by atoms with van der Waals surface area (Å²) < 4.78 is 14.4. The van der Waals surface area contributed by atoms with Gasteiger partial charge in [0.2, 0.25) is 0 Å². The van der Waals surface area contributed by atoms with E-state index < -0.39 is 11.7 Å². The van der Waals surface area contributed by atoms with Crippen molar-refractivity contribution in [3.05, 3.63) is 64.4 Å². The highest BCUT2D eigenvalue weighted by molar-refractivity contribution is 6.33. The molecule has 0 atom stereocenters. The normalized spacial score (nSPS) is 18.2. The van der Waals surface area contributed by atoms with E-state index in [9.17, 15) is 9.18 Å². The van der Waals surface area contributed by atoms with Crippen molar-refractivity contribution < 1.29 is 9.18 Å². The molecule has 1 aliphatic rings. The number of carbonyl (C=O) groups is 1. The third kappa shape index (κ3) is 5.22. The Morgan fingerprint density at radius 3 is 2.61 bits per heavy atom. The maximum absolute atomic E-state index is 14.4. The van der Waals surface area contributed by atoms with Gasteiger partial charge in [-0.05, 0) is 56.2 Å². The Morgan fingerprint density at radius 2 is 1.88 bits per heavy atom. The number of aryl methyl sites for hydroxylation is 1.